The fraction of sp³-hybridized carbons (Fsp3) is 0.300. The number of rotatable bonds is 1. The van der Waals surface area contributed by atoms with Crippen LogP contribution in [0.1, 0.15) is 6.42 Å². The van der Waals surface area contributed by atoms with Gasteiger partial charge in [-0.2, -0.15) is 8.78 Å². The number of carbonyl (C=O) groups excluding carboxylic acids is 1. The Balaban J connectivity index is 2.27. The van der Waals surface area contributed by atoms with Crippen LogP contribution >= 0.6 is 0 Å². The molecule has 1 heterocycles. The van der Waals surface area contributed by atoms with Crippen LogP contribution in [-0.2, 0) is 4.79 Å². The molecule has 2 nitrogen and oxygen atoms in total. The Morgan fingerprint density at radius 1 is 1.21 bits per heavy atom. The van der Waals surface area contributed by atoms with E-state index in [1.165, 1.54) is 0 Å². The first-order valence-corrected chi connectivity index (χ1v) is 4.36. The van der Waals surface area contributed by atoms with E-state index in [9.17, 15) is 13.6 Å². The lowest BCUT2D eigenvalue weighted by Crippen LogP contribution is -2.33. The van der Waals surface area contributed by atoms with Crippen LogP contribution in [0.5, 0.6) is 0 Å². The van der Waals surface area contributed by atoms with Crippen molar-refractivity contribution >= 4 is 11.6 Å². The lowest BCUT2D eigenvalue weighted by atomic mass is 10.3. The number of halogens is 2. The third kappa shape index (κ3) is 1.36. The van der Waals surface area contributed by atoms with Crippen molar-refractivity contribution in [3.8, 4) is 0 Å². The van der Waals surface area contributed by atoms with E-state index in [2.05, 4.69) is 0 Å². The second-order valence-electron chi connectivity index (χ2n) is 3.25. The van der Waals surface area contributed by atoms with Crippen LogP contribution < -0.4 is 4.90 Å². The minimum atomic E-state index is -3.18. The Bertz CT molecular complexity index is 350. The van der Waals surface area contributed by atoms with Crippen molar-refractivity contribution in [3.63, 3.8) is 0 Å². The van der Waals surface area contributed by atoms with E-state index >= 15 is 0 Å². The van der Waals surface area contributed by atoms with Crippen LogP contribution in [0.2, 0.25) is 0 Å². The molecule has 1 aromatic carbocycles. The number of carbonyl (C=O) groups is 1. The molecule has 0 radical (unpaired) electrons. The molecule has 14 heavy (non-hydrogen) atoms. The van der Waals surface area contributed by atoms with Gasteiger partial charge in [0.25, 0.3) is 5.91 Å². The zero-order chi connectivity index (χ0) is 10.2. The first-order chi connectivity index (χ1) is 6.61. The monoisotopic (exact) mass is 197 g/mol. The van der Waals surface area contributed by atoms with Gasteiger partial charge in [0.15, 0.2) is 0 Å². The average Bonchev–Trinajstić information content (AvgIpc) is 2.44. The minimum absolute atomic E-state index is 0.0931. The molecule has 0 aliphatic carbocycles. The van der Waals surface area contributed by atoms with Gasteiger partial charge in [-0.3, -0.25) is 4.79 Å². The van der Waals surface area contributed by atoms with E-state index in [1.54, 1.807) is 30.3 Å². The maximum Gasteiger partial charge on any atom is 0.326 e. The third-order valence-electron chi connectivity index (χ3n) is 2.28. The number of anilines is 1. The Kier molecular flexibility index (Phi) is 1.98. The Hall–Kier alpha value is -1.45. The van der Waals surface area contributed by atoms with Gasteiger partial charge in [0.2, 0.25) is 0 Å². The van der Waals surface area contributed by atoms with Crippen molar-refractivity contribution in [3.05, 3.63) is 30.3 Å². The molecule has 1 aliphatic rings. The number of amides is 1. The molecular weight excluding hydrogens is 188 g/mol. The number of hydrogen-bond donors (Lipinski definition) is 0. The van der Waals surface area contributed by atoms with E-state index in [4.69, 9.17) is 0 Å². The molecule has 0 saturated carbocycles. The van der Waals surface area contributed by atoms with Crippen molar-refractivity contribution < 1.29 is 13.6 Å². The largest absolute Gasteiger partial charge is 0.326 e. The van der Waals surface area contributed by atoms with Gasteiger partial charge < -0.3 is 4.90 Å². The van der Waals surface area contributed by atoms with E-state index in [0.29, 0.717) is 5.69 Å². The molecule has 1 fully saturated rings. The van der Waals surface area contributed by atoms with Crippen LogP contribution in [0.3, 0.4) is 0 Å². The summed E-state index contributed by atoms with van der Waals surface area (Å²) in [4.78, 5) is 12.3. The van der Waals surface area contributed by atoms with E-state index in [-0.39, 0.29) is 13.0 Å². The fourth-order valence-corrected chi connectivity index (χ4v) is 1.51. The fourth-order valence-electron chi connectivity index (χ4n) is 1.51. The summed E-state index contributed by atoms with van der Waals surface area (Å²) in [6.07, 6.45) is -0.388. The molecule has 0 atom stereocenters. The standard InChI is InChI=1S/C10H9F2NO/c11-10(12)6-7-13(9(10)14)8-4-2-1-3-5-8/h1-5H,6-7H2. The highest BCUT2D eigenvalue weighted by Gasteiger charge is 2.48. The summed E-state index contributed by atoms with van der Waals surface area (Å²) in [5, 5.41) is 0. The Morgan fingerprint density at radius 3 is 2.36 bits per heavy atom. The summed E-state index contributed by atoms with van der Waals surface area (Å²) in [5.41, 5.74) is 0.537. The number of hydrogen-bond acceptors (Lipinski definition) is 1. The maximum absolute atomic E-state index is 12.9. The average molecular weight is 197 g/mol. The third-order valence-corrected chi connectivity index (χ3v) is 2.28. The SMILES string of the molecule is O=C1N(c2ccccc2)CCC1(F)F. The van der Waals surface area contributed by atoms with Crippen molar-refractivity contribution in [2.75, 3.05) is 11.4 Å². The topological polar surface area (TPSA) is 20.3 Å². The molecule has 1 saturated heterocycles. The van der Waals surface area contributed by atoms with Crippen LogP contribution in [0.25, 0.3) is 0 Å². The second kappa shape index (κ2) is 3.04. The molecule has 4 heteroatoms. The number of benzene rings is 1. The summed E-state index contributed by atoms with van der Waals surface area (Å²) < 4.78 is 25.8. The quantitative estimate of drug-likeness (QED) is 0.674. The molecular formula is C10H9F2NO. The highest BCUT2D eigenvalue weighted by molar-refractivity contribution is 6.00. The van der Waals surface area contributed by atoms with Gasteiger partial charge >= 0.3 is 5.92 Å². The number of nitrogens with zero attached hydrogens (tertiary/aromatic N) is 1. The summed E-state index contributed by atoms with van der Waals surface area (Å²) in [5.74, 6) is -4.28. The van der Waals surface area contributed by atoms with E-state index < -0.39 is 11.8 Å². The molecule has 0 bridgehead atoms. The first-order valence-electron chi connectivity index (χ1n) is 4.36. The molecule has 2 rings (SSSR count). The number of alkyl halides is 2. The smallest absolute Gasteiger partial charge is 0.307 e. The van der Waals surface area contributed by atoms with Crippen molar-refractivity contribution in [1.82, 2.24) is 0 Å². The second-order valence-corrected chi connectivity index (χ2v) is 3.25. The lowest BCUT2D eigenvalue weighted by Gasteiger charge is -2.15. The van der Waals surface area contributed by atoms with Gasteiger partial charge in [0, 0.05) is 18.7 Å². The van der Waals surface area contributed by atoms with E-state index in [1.807, 2.05) is 0 Å². The molecule has 1 aliphatic heterocycles. The van der Waals surface area contributed by atoms with Gasteiger partial charge in [-0.25, -0.2) is 0 Å². The molecule has 1 aromatic rings. The highest BCUT2D eigenvalue weighted by atomic mass is 19.3. The Labute approximate surface area is 80.1 Å². The normalized spacial score (nSPS) is 20.1. The highest BCUT2D eigenvalue weighted by Crippen LogP contribution is 2.31. The van der Waals surface area contributed by atoms with E-state index in [0.717, 1.165) is 4.90 Å². The Morgan fingerprint density at radius 2 is 1.86 bits per heavy atom. The molecule has 0 spiro atoms. The van der Waals surface area contributed by atoms with Gasteiger partial charge in [-0.05, 0) is 12.1 Å². The van der Waals surface area contributed by atoms with Crippen LogP contribution in [-0.4, -0.2) is 18.4 Å². The lowest BCUT2D eigenvalue weighted by molar-refractivity contribution is -0.137. The van der Waals surface area contributed by atoms with Gasteiger partial charge in [-0.15, -0.1) is 0 Å². The van der Waals surface area contributed by atoms with Gasteiger partial charge in [0.05, 0.1) is 0 Å². The molecule has 1 amide bonds. The molecule has 0 aromatic heterocycles. The maximum atomic E-state index is 12.9. The predicted octanol–water partition coefficient (Wildman–Crippen LogP) is 2.06. The summed E-state index contributed by atoms with van der Waals surface area (Å²) in [6, 6.07) is 8.53. The van der Waals surface area contributed by atoms with Crippen LogP contribution in [0.15, 0.2) is 30.3 Å². The van der Waals surface area contributed by atoms with Gasteiger partial charge in [-0.1, -0.05) is 18.2 Å². The van der Waals surface area contributed by atoms with Crippen LogP contribution in [0.4, 0.5) is 14.5 Å². The van der Waals surface area contributed by atoms with Crippen molar-refractivity contribution in [2.24, 2.45) is 0 Å². The summed E-state index contributed by atoms with van der Waals surface area (Å²) in [6.45, 7) is 0.0931. The number of para-hydroxylation sites is 1. The summed E-state index contributed by atoms with van der Waals surface area (Å²) >= 11 is 0. The van der Waals surface area contributed by atoms with Crippen molar-refractivity contribution in [2.45, 2.75) is 12.3 Å². The zero-order valence-corrected chi connectivity index (χ0v) is 7.41. The van der Waals surface area contributed by atoms with Crippen molar-refractivity contribution in [1.29, 1.82) is 0 Å². The molecule has 0 unspecified atom stereocenters. The van der Waals surface area contributed by atoms with Gasteiger partial charge in [0.1, 0.15) is 0 Å². The molecule has 0 N–H and O–H groups in total. The summed E-state index contributed by atoms with van der Waals surface area (Å²) in [7, 11) is 0. The predicted molar refractivity (Wildman–Crippen MR) is 48.4 cm³/mol. The molecule has 74 valence electrons. The van der Waals surface area contributed by atoms with Crippen LogP contribution in [0, 0.1) is 0 Å². The zero-order valence-electron chi connectivity index (χ0n) is 7.41. The minimum Gasteiger partial charge on any atom is -0.307 e. The first kappa shape index (κ1) is 9.12.